The maximum absolute atomic E-state index is 10.9. The first-order valence-corrected chi connectivity index (χ1v) is 6.20. The van der Waals surface area contributed by atoms with E-state index >= 15 is 0 Å². The molecular weight excluding hydrogens is 234 g/mol. The third-order valence-electron chi connectivity index (χ3n) is 3.60. The number of hydrogen-bond acceptors (Lipinski definition) is 5. The topological polar surface area (TPSA) is 75.5 Å². The number of morpholine rings is 1. The predicted octanol–water partition coefficient (Wildman–Crippen LogP) is 0.932. The number of nitrogens with zero attached hydrogens (tertiary/aromatic N) is 3. The molecule has 0 aromatic carbocycles. The molecule has 0 radical (unpaired) electrons. The summed E-state index contributed by atoms with van der Waals surface area (Å²) >= 11 is 0. The second kappa shape index (κ2) is 4.53. The number of ether oxygens (including phenoxy) is 1. The number of aromatic carboxylic acids is 1. The van der Waals surface area contributed by atoms with Crippen LogP contribution in [0.5, 0.6) is 0 Å². The van der Waals surface area contributed by atoms with E-state index < -0.39 is 5.97 Å². The van der Waals surface area contributed by atoms with Gasteiger partial charge in [-0.3, -0.25) is 0 Å². The van der Waals surface area contributed by atoms with Gasteiger partial charge in [-0.15, -0.1) is 0 Å². The van der Waals surface area contributed by atoms with Gasteiger partial charge in [0.25, 0.3) is 0 Å². The van der Waals surface area contributed by atoms with E-state index in [1.165, 1.54) is 12.3 Å². The molecule has 6 nitrogen and oxygen atoms in total. The Kier molecular flexibility index (Phi) is 2.87. The first-order valence-electron chi connectivity index (χ1n) is 6.20. The average molecular weight is 249 g/mol. The molecule has 1 aliphatic heterocycles. The molecule has 0 spiro atoms. The zero-order chi connectivity index (χ0) is 12.5. The molecule has 1 saturated carbocycles. The van der Waals surface area contributed by atoms with Crippen molar-refractivity contribution in [3.63, 3.8) is 0 Å². The highest BCUT2D eigenvalue weighted by Gasteiger charge is 2.37. The summed E-state index contributed by atoms with van der Waals surface area (Å²) in [4.78, 5) is 21.3. The summed E-state index contributed by atoms with van der Waals surface area (Å²) in [7, 11) is 0. The van der Waals surface area contributed by atoms with Gasteiger partial charge in [0.2, 0.25) is 5.95 Å². The van der Waals surface area contributed by atoms with E-state index in [9.17, 15) is 4.79 Å². The molecule has 2 aliphatic rings. The lowest BCUT2D eigenvalue weighted by Gasteiger charge is -2.37. The van der Waals surface area contributed by atoms with Crippen LogP contribution in [0.4, 0.5) is 5.95 Å². The monoisotopic (exact) mass is 249 g/mol. The molecule has 0 amide bonds. The molecule has 18 heavy (non-hydrogen) atoms. The molecule has 1 aromatic rings. The summed E-state index contributed by atoms with van der Waals surface area (Å²) in [5.41, 5.74) is 0.0426. The van der Waals surface area contributed by atoms with E-state index in [1.807, 2.05) is 0 Å². The summed E-state index contributed by atoms with van der Waals surface area (Å²) in [5.74, 6) is -0.509. The molecule has 6 heteroatoms. The number of rotatable bonds is 2. The maximum atomic E-state index is 10.9. The van der Waals surface area contributed by atoms with Gasteiger partial charge in [0, 0.05) is 12.7 Å². The highest BCUT2D eigenvalue weighted by atomic mass is 16.5. The highest BCUT2D eigenvalue weighted by molar-refractivity contribution is 5.85. The van der Waals surface area contributed by atoms with Crippen molar-refractivity contribution in [1.29, 1.82) is 0 Å². The molecule has 3 rings (SSSR count). The van der Waals surface area contributed by atoms with Crippen LogP contribution in [0.3, 0.4) is 0 Å². The minimum Gasteiger partial charge on any atom is -0.477 e. The third-order valence-corrected chi connectivity index (χ3v) is 3.60. The molecule has 2 heterocycles. The van der Waals surface area contributed by atoms with Crippen molar-refractivity contribution in [3.8, 4) is 0 Å². The summed E-state index contributed by atoms with van der Waals surface area (Å²) < 4.78 is 5.72. The standard InChI is InChI=1S/C12H15N3O3/c16-11(17)8-4-5-13-12(14-8)15-6-7-18-10-3-1-2-9(10)15/h4-5,9-10H,1-3,6-7H2,(H,16,17). The van der Waals surface area contributed by atoms with Crippen LogP contribution in [0.1, 0.15) is 29.8 Å². The first kappa shape index (κ1) is 11.4. The first-order chi connectivity index (χ1) is 8.75. The van der Waals surface area contributed by atoms with Gasteiger partial charge in [0.1, 0.15) is 0 Å². The van der Waals surface area contributed by atoms with Gasteiger partial charge >= 0.3 is 5.97 Å². The van der Waals surface area contributed by atoms with Gasteiger partial charge in [0.15, 0.2) is 5.69 Å². The molecule has 96 valence electrons. The summed E-state index contributed by atoms with van der Waals surface area (Å²) in [6.45, 7) is 1.38. The third kappa shape index (κ3) is 1.92. The number of aromatic nitrogens is 2. The number of carboxylic acid groups (broad SMARTS) is 1. The van der Waals surface area contributed by atoms with E-state index in [0.717, 1.165) is 25.8 Å². The van der Waals surface area contributed by atoms with Crippen molar-refractivity contribution >= 4 is 11.9 Å². The molecule has 2 atom stereocenters. The van der Waals surface area contributed by atoms with Gasteiger partial charge in [-0.2, -0.15) is 0 Å². The number of carboxylic acids is 1. The molecular formula is C12H15N3O3. The second-order valence-electron chi connectivity index (χ2n) is 4.65. The molecule has 2 fully saturated rings. The molecule has 1 saturated heterocycles. The van der Waals surface area contributed by atoms with Gasteiger partial charge < -0.3 is 14.7 Å². The van der Waals surface area contributed by atoms with Crippen LogP contribution in [0.25, 0.3) is 0 Å². The molecule has 1 aliphatic carbocycles. The summed E-state index contributed by atoms with van der Waals surface area (Å²) in [6, 6.07) is 1.71. The van der Waals surface area contributed by atoms with Crippen LogP contribution < -0.4 is 4.90 Å². The van der Waals surface area contributed by atoms with Crippen LogP contribution in [0.2, 0.25) is 0 Å². The van der Waals surface area contributed by atoms with E-state index in [1.54, 1.807) is 0 Å². The Morgan fingerprint density at radius 3 is 3.22 bits per heavy atom. The van der Waals surface area contributed by atoms with E-state index in [2.05, 4.69) is 14.9 Å². The molecule has 1 N–H and O–H groups in total. The fraction of sp³-hybridized carbons (Fsp3) is 0.583. The Morgan fingerprint density at radius 2 is 2.39 bits per heavy atom. The van der Waals surface area contributed by atoms with Crippen molar-refractivity contribution in [2.24, 2.45) is 0 Å². The van der Waals surface area contributed by atoms with E-state index in [0.29, 0.717) is 18.6 Å². The van der Waals surface area contributed by atoms with E-state index in [4.69, 9.17) is 9.84 Å². The Morgan fingerprint density at radius 1 is 1.50 bits per heavy atom. The number of carbonyl (C=O) groups is 1. The zero-order valence-electron chi connectivity index (χ0n) is 9.95. The fourth-order valence-electron chi connectivity index (χ4n) is 2.78. The van der Waals surface area contributed by atoms with Crippen molar-refractivity contribution in [3.05, 3.63) is 18.0 Å². The van der Waals surface area contributed by atoms with Crippen LogP contribution in [-0.2, 0) is 4.74 Å². The minimum atomic E-state index is -1.02. The summed E-state index contributed by atoms with van der Waals surface area (Å²) in [6.07, 6.45) is 5.02. The molecule has 1 aromatic heterocycles. The normalized spacial score (nSPS) is 27.0. The lowest BCUT2D eigenvalue weighted by atomic mass is 10.1. The van der Waals surface area contributed by atoms with E-state index in [-0.39, 0.29) is 11.8 Å². The minimum absolute atomic E-state index is 0.0426. The van der Waals surface area contributed by atoms with Gasteiger partial charge in [-0.05, 0) is 25.3 Å². The van der Waals surface area contributed by atoms with Gasteiger partial charge in [-0.1, -0.05) is 0 Å². The number of fused-ring (bicyclic) bond motifs is 1. The largest absolute Gasteiger partial charge is 0.477 e. The molecule has 2 unspecified atom stereocenters. The van der Waals surface area contributed by atoms with Crippen molar-refractivity contribution < 1.29 is 14.6 Å². The summed E-state index contributed by atoms with van der Waals surface area (Å²) in [5, 5.41) is 8.96. The van der Waals surface area contributed by atoms with Crippen LogP contribution >= 0.6 is 0 Å². The zero-order valence-corrected chi connectivity index (χ0v) is 9.95. The van der Waals surface area contributed by atoms with Crippen molar-refractivity contribution in [2.45, 2.75) is 31.4 Å². The predicted molar refractivity (Wildman–Crippen MR) is 63.7 cm³/mol. The van der Waals surface area contributed by atoms with Gasteiger partial charge in [0.05, 0.1) is 18.8 Å². The maximum Gasteiger partial charge on any atom is 0.354 e. The van der Waals surface area contributed by atoms with Crippen molar-refractivity contribution in [1.82, 2.24) is 9.97 Å². The van der Waals surface area contributed by atoms with Crippen LogP contribution in [0.15, 0.2) is 12.3 Å². The SMILES string of the molecule is O=C(O)c1ccnc(N2CCOC3CCCC32)n1. The average Bonchev–Trinajstić information content (AvgIpc) is 2.87. The molecule has 0 bridgehead atoms. The Bertz CT molecular complexity index is 466. The Labute approximate surface area is 105 Å². The Hall–Kier alpha value is -1.69. The quantitative estimate of drug-likeness (QED) is 0.840. The van der Waals surface area contributed by atoms with Gasteiger partial charge in [-0.25, -0.2) is 14.8 Å². The highest BCUT2D eigenvalue weighted by Crippen LogP contribution is 2.31. The Balaban J connectivity index is 1.89. The van der Waals surface area contributed by atoms with Crippen molar-refractivity contribution in [2.75, 3.05) is 18.1 Å². The number of hydrogen-bond donors (Lipinski definition) is 1. The fourth-order valence-corrected chi connectivity index (χ4v) is 2.78. The van der Waals surface area contributed by atoms with Crippen LogP contribution in [-0.4, -0.2) is 46.3 Å². The second-order valence-corrected chi connectivity index (χ2v) is 4.65. The lowest BCUT2D eigenvalue weighted by molar-refractivity contribution is 0.0249. The smallest absolute Gasteiger partial charge is 0.354 e. The number of anilines is 1. The lowest BCUT2D eigenvalue weighted by Crippen LogP contribution is -2.49. The van der Waals surface area contributed by atoms with Crippen LogP contribution in [0, 0.1) is 0 Å².